The van der Waals surface area contributed by atoms with E-state index in [4.69, 9.17) is 10.00 Å². The van der Waals surface area contributed by atoms with Crippen molar-refractivity contribution in [3.8, 4) is 6.07 Å². The smallest absolute Gasteiger partial charge is 0.229 e. The molecule has 1 aliphatic heterocycles. The molecule has 0 bridgehead atoms. The number of hydrogen-bond acceptors (Lipinski definition) is 4. The number of nitrogens with one attached hydrogen (secondary N) is 1. The highest BCUT2D eigenvalue weighted by Crippen LogP contribution is 2.15. The van der Waals surface area contributed by atoms with E-state index >= 15 is 0 Å². The Morgan fingerprint density at radius 2 is 2.05 bits per heavy atom. The van der Waals surface area contributed by atoms with Gasteiger partial charge in [0.2, 0.25) is 5.91 Å². The third-order valence-electron chi connectivity index (χ3n) is 3.71. The number of amides is 1. The molecule has 0 spiro atoms. The molecular weight excluding hydrogens is 266 g/mol. The molecule has 0 radical (unpaired) electrons. The topological polar surface area (TPSA) is 65.4 Å². The predicted molar refractivity (Wildman–Crippen MR) is 81.0 cm³/mol. The molecule has 5 heteroatoms. The molecule has 0 aromatic heterocycles. The van der Waals surface area contributed by atoms with Crippen molar-refractivity contribution >= 4 is 11.6 Å². The Hall–Kier alpha value is -1.90. The number of nitrogens with zero attached hydrogens (tertiary/aromatic N) is 2. The minimum Gasteiger partial charge on any atom is -0.378 e. The Morgan fingerprint density at radius 1 is 1.38 bits per heavy atom. The third kappa shape index (κ3) is 4.55. The van der Waals surface area contributed by atoms with Gasteiger partial charge in [0.25, 0.3) is 0 Å². The van der Waals surface area contributed by atoms with Gasteiger partial charge in [0, 0.05) is 12.7 Å². The van der Waals surface area contributed by atoms with Crippen LogP contribution in [0.15, 0.2) is 24.3 Å². The fourth-order valence-electron chi connectivity index (χ4n) is 2.35. The van der Waals surface area contributed by atoms with Crippen LogP contribution in [0.3, 0.4) is 0 Å². The quantitative estimate of drug-likeness (QED) is 0.895. The molecule has 1 aromatic rings. The van der Waals surface area contributed by atoms with E-state index in [0.29, 0.717) is 18.6 Å². The second kappa shape index (κ2) is 7.77. The van der Waals surface area contributed by atoms with Gasteiger partial charge < -0.3 is 15.0 Å². The minimum absolute atomic E-state index is 0.0219. The normalized spacial score (nSPS) is 15.4. The van der Waals surface area contributed by atoms with Gasteiger partial charge in [-0.25, -0.2) is 0 Å². The van der Waals surface area contributed by atoms with Crippen molar-refractivity contribution in [1.29, 1.82) is 5.26 Å². The highest BCUT2D eigenvalue weighted by Gasteiger charge is 2.15. The summed E-state index contributed by atoms with van der Waals surface area (Å²) in [5, 5.41) is 12.0. The number of anilines is 1. The average molecular weight is 287 g/mol. The third-order valence-corrected chi connectivity index (χ3v) is 3.71. The van der Waals surface area contributed by atoms with Crippen molar-refractivity contribution in [3.05, 3.63) is 29.8 Å². The van der Waals surface area contributed by atoms with Crippen molar-refractivity contribution in [2.45, 2.75) is 25.4 Å². The fourth-order valence-corrected chi connectivity index (χ4v) is 2.35. The molecule has 21 heavy (non-hydrogen) atoms. The number of ether oxygens (including phenoxy) is 1. The van der Waals surface area contributed by atoms with E-state index in [2.05, 4.69) is 11.4 Å². The standard InChI is InChI=1S/C16H21N3O2/c1-19(14-4-2-13(12-17)3-5-14)16(20)8-11-21-15-6-9-18-10-7-15/h2-5,15,18H,6-11H2,1H3. The van der Waals surface area contributed by atoms with E-state index in [9.17, 15) is 4.79 Å². The fraction of sp³-hybridized carbons (Fsp3) is 0.500. The molecular formula is C16H21N3O2. The van der Waals surface area contributed by atoms with Gasteiger partial charge in [-0.3, -0.25) is 4.79 Å². The first kappa shape index (κ1) is 15.5. The first-order valence-corrected chi connectivity index (χ1v) is 7.30. The Morgan fingerprint density at radius 3 is 2.67 bits per heavy atom. The lowest BCUT2D eigenvalue weighted by atomic mass is 10.1. The van der Waals surface area contributed by atoms with E-state index in [1.807, 2.05) is 0 Å². The van der Waals surface area contributed by atoms with Crippen molar-refractivity contribution in [1.82, 2.24) is 5.32 Å². The Bertz CT molecular complexity index is 501. The molecule has 2 rings (SSSR count). The second-order valence-electron chi connectivity index (χ2n) is 5.18. The van der Waals surface area contributed by atoms with Crippen LogP contribution in [0.5, 0.6) is 0 Å². The zero-order chi connectivity index (χ0) is 15.1. The zero-order valence-corrected chi connectivity index (χ0v) is 12.3. The number of hydrogen-bond donors (Lipinski definition) is 1. The van der Waals surface area contributed by atoms with E-state index in [0.717, 1.165) is 31.6 Å². The second-order valence-corrected chi connectivity index (χ2v) is 5.18. The van der Waals surface area contributed by atoms with Crippen LogP contribution < -0.4 is 10.2 Å². The number of piperidine rings is 1. The van der Waals surface area contributed by atoms with E-state index in [1.54, 1.807) is 36.2 Å². The highest BCUT2D eigenvalue weighted by atomic mass is 16.5. The van der Waals surface area contributed by atoms with Crippen LogP contribution >= 0.6 is 0 Å². The summed E-state index contributed by atoms with van der Waals surface area (Å²) in [5.41, 5.74) is 1.38. The molecule has 0 aliphatic carbocycles. The molecule has 1 aromatic carbocycles. The molecule has 0 atom stereocenters. The maximum absolute atomic E-state index is 12.1. The number of carbonyl (C=O) groups excluding carboxylic acids is 1. The summed E-state index contributed by atoms with van der Waals surface area (Å²) in [7, 11) is 1.74. The van der Waals surface area contributed by atoms with Crippen LogP contribution in [-0.2, 0) is 9.53 Å². The van der Waals surface area contributed by atoms with Gasteiger partial charge in [0.15, 0.2) is 0 Å². The first-order valence-electron chi connectivity index (χ1n) is 7.30. The summed E-state index contributed by atoms with van der Waals surface area (Å²) in [5.74, 6) is 0.0219. The number of rotatable bonds is 5. The molecule has 1 saturated heterocycles. The van der Waals surface area contributed by atoms with E-state index < -0.39 is 0 Å². The lowest BCUT2D eigenvalue weighted by molar-refractivity contribution is -0.120. The van der Waals surface area contributed by atoms with Crippen LogP contribution in [0.25, 0.3) is 0 Å². The number of benzene rings is 1. The van der Waals surface area contributed by atoms with Crippen LogP contribution in [-0.4, -0.2) is 38.8 Å². The van der Waals surface area contributed by atoms with Gasteiger partial charge in [-0.05, 0) is 50.2 Å². The molecule has 1 N–H and O–H groups in total. The minimum atomic E-state index is 0.0219. The largest absolute Gasteiger partial charge is 0.378 e. The zero-order valence-electron chi connectivity index (χ0n) is 12.3. The van der Waals surface area contributed by atoms with Crippen molar-refractivity contribution in [2.75, 3.05) is 31.6 Å². The van der Waals surface area contributed by atoms with Gasteiger partial charge in [-0.2, -0.15) is 5.26 Å². The summed E-state index contributed by atoms with van der Waals surface area (Å²) < 4.78 is 5.75. The van der Waals surface area contributed by atoms with E-state index in [1.165, 1.54) is 0 Å². The van der Waals surface area contributed by atoms with Crippen molar-refractivity contribution in [2.24, 2.45) is 0 Å². The molecule has 1 amide bonds. The van der Waals surface area contributed by atoms with Gasteiger partial charge in [-0.15, -0.1) is 0 Å². The van der Waals surface area contributed by atoms with Gasteiger partial charge in [-0.1, -0.05) is 0 Å². The number of carbonyl (C=O) groups is 1. The monoisotopic (exact) mass is 287 g/mol. The molecule has 5 nitrogen and oxygen atoms in total. The molecule has 1 aliphatic rings. The summed E-state index contributed by atoms with van der Waals surface area (Å²) >= 11 is 0. The average Bonchev–Trinajstić information content (AvgIpc) is 2.55. The molecule has 0 saturated carbocycles. The first-order chi connectivity index (χ1) is 10.2. The van der Waals surface area contributed by atoms with Crippen molar-refractivity contribution < 1.29 is 9.53 Å². The maximum atomic E-state index is 12.1. The van der Waals surface area contributed by atoms with Gasteiger partial charge in [0.1, 0.15) is 0 Å². The lowest BCUT2D eigenvalue weighted by Crippen LogP contribution is -2.33. The molecule has 1 heterocycles. The maximum Gasteiger partial charge on any atom is 0.229 e. The van der Waals surface area contributed by atoms with E-state index in [-0.39, 0.29) is 12.0 Å². The summed E-state index contributed by atoms with van der Waals surface area (Å²) in [4.78, 5) is 13.7. The Kier molecular flexibility index (Phi) is 5.73. The van der Waals surface area contributed by atoms with Crippen molar-refractivity contribution in [3.63, 3.8) is 0 Å². The Labute approximate surface area is 125 Å². The highest BCUT2D eigenvalue weighted by molar-refractivity contribution is 5.92. The summed E-state index contributed by atoms with van der Waals surface area (Å²) in [6, 6.07) is 9.05. The lowest BCUT2D eigenvalue weighted by Gasteiger charge is -2.23. The SMILES string of the molecule is CN(C(=O)CCOC1CCNCC1)c1ccc(C#N)cc1. The summed E-state index contributed by atoms with van der Waals surface area (Å²) in [6.07, 6.45) is 2.68. The number of nitriles is 1. The van der Waals surface area contributed by atoms with Crippen LogP contribution in [0, 0.1) is 11.3 Å². The van der Waals surface area contributed by atoms with Crippen LogP contribution in [0.1, 0.15) is 24.8 Å². The van der Waals surface area contributed by atoms with Crippen LogP contribution in [0.2, 0.25) is 0 Å². The molecule has 1 fully saturated rings. The summed E-state index contributed by atoms with van der Waals surface area (Å²) in [6.45, 7) is 2.44. The molecule has 112 valence electrons. The predicted octanol–water partition coefficient (Wildman–Crippen LogP) is 1.68. The molecule has 0 unspecified atom stereocenters. The van der Waals surface area contributed by atoms with Gasteiger partial charge in [0.05, 0.1) is 30.8 Å². The van der Waals surface area contributed by atoms with Crippen LogP contribution in [0.4, 0.5) is 5.69 Å². The Balaban J connectivity index is 1.77. The van der Waals surface area contributed by atoms with Gasteiger partial charge >= 0.3 is 0 Å².